The standard InChI is InChI=1S/C62H42N6/c63-58(43-22-9-3-10-23-43)57(42-20-7-2-8-21-42)59-51-37-34-47(39-49(51)40-54(64-59)41-18-5-1-6-19-41)46-26-17-27-48(38-46)62-66-60(44-24-11-4-12-25-44)65-61(67-62)45-32-35-50(36-33-45)68-55-30-15-13-28-52(55)53-29-14-16-31-56(53)68/h1-40,63-64H/b59-57-,63-58?. The zero-order valence-electron chi connectivity index (χ0n) is 36.9. The van der Waals surface area contributed by atoms with Crippen LogP contribution in [0.4, 0.5) is 0 Å². The predicted molar refractivity (Wildman–Crippen MR) is 280 cm³/mol. The summed E-state index contributed by atoms with van der Waals surface area (Å²) in [6.45, 7) is 0. The van der Waals surface area contributed by atoms with E-state index in [1.54, 1.807) is 0 Å². The second-order valence-corrected chi connectivity index (χ2v) is 16.9. The van der Waals surface area contributed by atoms with Gasteiger partial charge in [0.25, 0.3) is 0 Å². The molecule has 11 aromatic rings. The molecule has 1 aliphatic rings. The van der Waals surface area contributed by atoms with E-state index in [0.29, 0.717) is 23.2 Å². The maximum atomic E-state index is 9.65. The molecule has 0 aliphatic carbocycles. The summed E-state index contributed by atoms with van der Waals surface area (Å²) in [7, 11) is 0. The highest BCUT2D eigenvalue weighted by Crippen LogP contribution is 2.39. The Morgan fingerprint density at radius 3 is 1.50 bits per heavy atom. The molecular weight excluding hydrogens is 829 g/mol. The van der Waals surface area contributed by atoms with E-state index in [2.05, 4.69) is 168 Å². The smallest absolute Gasteiger partial charge is 0.164 e. The van der Waals surface area contributed by atoms with Crippen LogP contribution < -0.4 is 5.32 Å². The summed E-state index contributed by atoms with van der Waals surface area (Å²) in [5.41, 5.74) is 16.2. The van der Waals surface area contributed by atoms with Crippen LogP contribution in [0, 0.1) is 5.41 Å². The van der Waals surface area contributed by atoms with Crippen LogP contribution >= 0.6 is 0 Å². The van der Waals surface area contributed by atoms with Crippen molar-refractivity contribution in [2.75, 3.05) is 0 Å². The molecule has 0 atom stereocenters. The minimum atomic E-state index is 0.446. The van der Waals surface area contributed by atoms with Gasteiger partial charge in [-0.05, 0) is 82.4 Å². The largest absolute Gasteiger partial charge is 0.354 e. The van der Waals surface area contributed by atoms with Gasteiger partial charge in [0, 0.05) is 55.5 Å². The molecule has 9 aromatic carbocycles. The first-order chi connectivity index (χ1) is 33.6. The van der Waals surface area contributed by atoms with E-state index in [0.717, 1.165) is 89.3 Å². The van der Waals surface area contributed by atoms with E-state index < -0.39 is 0 Å². The van der Waals surface area contributed by atoms with Crippen molar-refractivity contribution in [3.05, 3.63) is 264 Å². The van der Waals surface area contributed by atoms with Crippen LogP contribution in [0.2, 0.25) is 0 Å². The normalized spacial score (nSPS) is 12.9. The Morgan fingerprint density at radius 1 is 0.397 bits per heavy atom. The molecule has 2 aromatic heterocycles. The molecule has 6 heteroatoms. The van der Waals surface area contributed by atoms with Crippen LogP contribution in [0.25, 0.3) is 95.8 Å². The van der Waals surface area contributed by atoms with Crippen LogP contribution in [-0.2, 0) is 0 Å². The van der Waals surface area contributed by atoms with E-state index in [1.807, 2.05) is 84.9 Å². The average Bonchev–Trinajstić information content (AvgIpc) is 3.76. The topological polar surface area (TPSA) is 79.5 Å². The fourth-order valence-electron chi connectivity index (χ4n) is 9.37. The van der Waals surface area contributed by atoms with Gasteiger partial charge >= 0.3 is 0 Å². The highest BCUT2D eigenvalue weighted by Gasteiger charge is 2.24. The first kappa shape index (κ1) is 40.3. The predicted octanol–water partition coefficient (Wildman–Crippen LogP) is 14.7. The molecule has 0 bridgehead atoms. The summed E-state index contributed by atoms with van der Waals surface area (Å²) in [6.07, 6.45) is 2.22. The van der Waals surface area contributed by atoms with E-state index >= 15 is 0 Å². The van der Waals surface area contributed by atoms with Gasteiger partial charge in [-0.25, -0.2) is 15.0 Å². The number of hydrogen-bond donors (Lipinski definition) is 2. The Hall–Kier alpha value is -9.26. The molecule has 6 nitrogen and oxygen atoms in total. The van der Waals surface area contributed by atoms with Gasteiger partial charge in [0.1, 0.15) is 0 Å². The molecule has 0 spiro atoms. The molecule has 0 saturated heterocycles. The number of hydrogen-bond acceptors (Lipinski definition) is 5. The van der Waals surface area contributed by atoms with E-state index in [4.69, 9.17) is 15.0 Å². The van der Waals surface area contributed by atoms with E-state index in [9.17, 15) is 5.41 Å². The number of allylic oxidation sites excluding steroid dienone is 1. The second kappa shape index (κ2) is 17.3. The molecule has 3 heterocycles. The first-order valence-corrected chi connectivity index (χ1v) is 22.8. The number of benzene rings is 9. The van der Waals surface area contributed by atoms with Crippen LogP contribution in [0.15, 0.2) is 237 Å². The van der Waals surface area contributed by atoms with Gasteiger partial charge in [0.05, 0.1) is 22.4 Å². The van der Waals surface area contributed by atoms with Crippen molar-refractivity contribution in [2.45, 2.75) is 0 Å². The third kappa shape index (κ3) is 7.46. The van der Waals surface area contributed by atoms with Crippen molar-refractivity contribution in [1.29, 1.82) is 5.41 Å². The lowest BCUT2D eigenvalue weighted by atomic mass is 9.87. The maximum Gasteiger partial charge on any atom is 0.164 e. The van der Waals surface area contributed by atoms with Gasteiger partial charge in [-0.3, -0.25) is 5.41 Å². The van der Waals surface area contributed by atoms with Gasteiger partial charge in [-0.2, -0.15) is 0 Å². The third-order valence-electron chi connectivity index (χ3n) is 12.7. The SMILES string of the molecule is N=C(/C(=C1\NC(c2ccccc2)=Cc2cc(-c3cccc(-c4nc(-c5ccccc5)nc(-c5ccc(-n6c7ccccc7c7ccccc76)cc5)n4)c3)ccc21)c1ccccc1)c1ccccc1. The van der Waals surface area contributed by atoms with Crippen LogP contribution in [-0.4, -0.2) is 25.2 Å². The molecule has 0 amide bonds. The Bertz CT molecular complexity index is 3690. The number of fused-ring (bicyclic) bond motifs is 4. The molecule has 0 unspecified atom stereocenters. The number of nitrogens with one attached hydrogen (secondary N) is 2. The van der Waals surface area contributed by atoms with Gasteiger partial charge < -0.3 is 9.88 Å². The molecule has 68 heavy (non-hydrogen) atoms. The number of para-hydroxylation sites is 2. The quantitative estimate of drug-likeness (QED) is 0.142. The highest BCUT2D eigenvalue weighted by molar-refractivity contribution is 6.36. The van der Waals surface area contributed by atoms with Crippen LogP contribution in [0.1, 0.15) is 27.8 Å². The fourth-order valence-corrected chi connectivity index (χ4v) is 9.37. The van der Waals surface area contributed by atoms with E-state index in [1.165, 1.54) is 10.8 Å². The van der Waals surface area contributed by atoms with E-state index in [-0.39, 0.29) is 0 Å². The Kier molecular flexibility index (Phi) is 10.2. The molecule has 1 aliphatic heterocycles. The Labute approximate surface area is 394 Å². The van der Waals surface area contributed by atoms with Gasteiger partial charge in [-0.1, -0.05) is 188 Å². The maximum absolute atomic E-state index is 9.65. The zero-order valence-corrected chi connectivity index (χ0v) is 36.9. The minimum Gasteiger partial charge on any atom is -0.354 e. The molecular formula is C62H42N6. The first-order valence-electron chi connectivity index (χ1n) is 22.8. The molecule has 0 radical (unpaired) electrons. The van der Waals surface area contributed by atoms with Crippen molar-refractivity contribution in [2.24, 2.45) is 0 Å². The van der Waals surface area contributed by atoms with Gasteiger partial charge in [0.2, 0.25) is 0 Å². The number of nitrogens with zero attached hydrogens (tertiary/aromatic N) is 4. The summed E-state index contributed by atoms with van der Waals surface area (Å²) < 4.78 is 2.32. The Balaban J connectivity index is 0.959. The van der Waals surface area contributed by atoms with Crippen molar-refractivity contribution in [3.63, 3.8) is 0 Å². The van der Waals surface area contributed by atoms with Crippen LogP contribution in [0.3, 0.4) is 0 Å². The monoisotopic (exact) mass is 870 g/mol. The average molecular weight is 871 g/mol. The molecule has 0 saturated carbocycles. The lowest BCUT2D eigenvalue weighted by Crippen LogP contribution is -2.20. The van der Waals surface area contributed by atoms with Crippen molar-refractivity contribution in [1.82, 2.24) is 24.8 Å². The molecule has 12 rings (SSSR count). The second-order valence-electron chi connectivity index (χ2n) is 16.9. The molecule has 2 N–H and O–H groups in total. The molecule has 0 fully saturated rings. The van der Waals surface area contributed by atoms with Crippen molar-refractivity contribution >= 4 is 50.6 Å². The lowest BCUT2D eigenvalue weighted by molar-refractivity contribution is 1.07. The number of rotatable bonds is 9. The summed E-state index contributed by atoms with van der Waals surface area (Å²) >= 11 is 0. The minimum absolute atomic E-state index is 0.446. The van der Waals surface area contributed by atoms with Crippen molar-refractivity contribution < 1.29 is 0 Å². The fraction of sp³-hybridized carbons (Fsp3) is 0. The highest BCUT2D eigenvalue weighted by atomic mass is 15.0. The lowest BCUT2D eigenvalue weighted by Gasteiger charge is -2.26. The zero-order chi connectivity index (χ0) is 45.4. The van der Waals surface area contributed by atoms with Crippen LogP contribution in [0.5, 0.6) is 0 Å². The Morgan fingerprint density at radius 2 is 0.868 bits per heavy atom. The summed E-state index contributed by atoms with van der Waals surface area (Å²) in [4.78, 5) is 15.3. The molecule has 320 valence electrons. The van der Waals surface area contributed by atoms with Gasteiger partial charge in [0.15, 0.2) is 17.5 Å². The number of aromatic nitrogens is 4. The third-order valence-corrected chi connectivity index (χ3v) is 12.7. The summed E-state index contributed by atoms with van der Waals surface area (Å²) in [5, 5.41) is 15.9. The summed E-state index contributed by atoms with van der Waals surface area (Å²) in [5.74, 6) is 1.80. The van der Waals surface area contributed by atoms with Gasteiger partial charge in [-0.15, -0.1) is 0 Å². The van der Waals surface area contributed by atoms with Crippen molar-refractivity contribution in [3.8, 4) is 51.0 Å². The summed E-state index contributed by atoms with van der Waals surface area (Å²) in [6, 6.07) is 81.4.